The van der Waals surface area contributed by atoms with Crippen LogP contribution < -0.4 is 10.1 Å². The van der Waals surface area contributed by atoms with Gasteiger partial charge in [0.25, 0.3) is 5.91 Å². The Balaban J connectivity index is 1.63. The van der Waals surface area contributed by atoms with E-state index in [2.05, 4.69) is 31.1 Å². The van der Waals surface area contributed by atoms with E-state index in [9.17, 15) is 4.79 Å². The highest BCUT2D eigenvalue weighted by molar-refractivity contribution is 6.07. The standard InChI is InChI=1S/C27H29N3O2/c1-18-16-28-24(27(2,3)4)15-21(18)29-26(31)22-14-20-12-9-13-23(25(20)30(22)5)32-17-19-10-7-6-8-11-19/h6-16H,17H2,1-5H3,(H,28,29,31). The molecule has 1 N–H and O–H groups in total. The predicted octanol–water partition coefficient (Wildman–Crippen LogP) is 6.01. The van der Waals surface area contributed by atoms with Crippen LogP contribution in [0.5, 0.6) is 5.75 Å². The summed E-state index contributed by atoms with van der Waals surface area (Å²) in [5, 5.41) is 4.04. The first-order valence-corrected chi connectivity index (χ1v) is 10.8. The molecular weight excluding hydrogens is 398 g/mol. The maximum Gasteiger partial charge on any atom is 0.272 e. The number of hydrogen-bond acceptors (Lipinski definition) is 3. The number of rotatable bonds is 5. The maximum absolute atomic E-state index is 13.2. The highest BCUT2D eigenvalue weighted by Crippen LogP contribution is 2.30. The van der Waals surface area contributed by atoms with Crippen LogP contribution in [0.25, 0.3) is 10.9 Å². The summed E-state index contributed by atoms with van der Waals surface area (Å²) >= 11 is 0. The fraction of sp³-hybridized carbons (Fsp3) is 0.259. The third-order valence-corrected chi connectivity index (χ3v) is 5.61. The number of anilines is 1. The lowest BCUT2D eigenvalue weighted by Crippen LogP contribution is -2.18. The van der Waals surface area contributed by atoms with Crippen molar-refractivity contribution in [3.8, 4) is 5.75 Å². The van der Waals surface area contributed by atoms with Gasteiger partial charge in [-0.3, -0.25) is 9.78 Å². The van der Waals surface area contributed by atoms with Crippen molar-refractivity contribution in [2.75, 3.05) is 5.32 Å². The average molecular weight is 428 g/mol. The van der Waals surface area contributed by atoms with Crippen LogP contribution >= 0.6 is 0 Å². The van der Waals surface area contributed by atoms with Gasteiger partial charge in [0.1, 0.15) is 18.1 Å². The van der Waals surface area contributed by atoms with Crippen LogP contribution in [0.15, 0.2) is 66.9 Å². The molecule has 0 saturated heterocycles. The molecule has 164 valence electrons. The summed E-state index contributed by atoms with van der Waals surface area (Å²) < 4.78 is 8.00. The second-order valence-corrected chi connectivity index (χ2v) is 9.15. The fourth-order valence-electron chi connectivity index (χ4n) is 3.70. The lowest BCUT2D eigenvalue weighted by Gasteiger charge is -2.19. The Hall–Kier alpha value is -3.60. The molecule has 1 amide bonds. The van der Waals surface area contributed by atoms with Gasteiger partial charge in [-0.15, -0.1) is 0 Å². The smallest absolute Gasteiger partial charge is 0.272 e. The van der Waals surface area contributed by atoms with Gasteiger partial charge in [-0.1, -0.05) is 63.2 Å². The summed E-state index contributed by atoms with van der Waals surface area (Å²) in [5.74, 6) is 0.592. The molecule has 5 nitrogen and oxygen atoms in total. The zero-order valence-corrected chi connectivity index (χ0v) is 19.3. The highest BCUT2D eigenvalue weighted by Gasteiger charge is 2.20. The molecule has 5 heteroatoms. The van der Waals surface area contributed by atoms with E-state index in [1.54, 1.807) is 0 Å². The summed E-state index contributed by atoms with van der Waals surface area (Å²) in [7, 11) is 1.90. The Morgan fingerprint density at radius 1 is 1.06 bits per heavy atom. The van der Waals surface area contributed by atoms with Crippen LogP contribution in [0.2, 0.25) is 0 Å². The highest BCUT2D eigenvalue weighted by atomic mass is 16.5. The van der Waals surface area contributed by atoms with Crippen LogP contribution in [0.3, 0.4) is 0 Å². The molecule has 0 unspecified atom stereocenters. The monoisotopic (exact) mass is 427 g/mol. The van der Waals surface area contributed by atoms with Gasteiger partial charge >= 0.3 is 0 Å². The zero-order chi connectivity index (χ0) is 22.9. The Morgan fingerprint density at radius 2 is 1.81 bits per heavy atom. The van der Waals surface area contributed by atoms with Gasteiger partial charge in [-0.25, -0.2) is 0 Å². The van der Waals surface area contributed by atoms with Crippen LogP contribution in [0.4, 0.5) is 5.69 Å². The third-order valence-electron chi connectivity index (χ3n) is 5.61. The minimum atomic E-state index is -0.160. The lowest BCUT2D eigenvalue weighted by atomic mass is 9.91. The molecule has 0 radical (unpaired) electrons. The van der Waals surface area contributed by atoms with E-state index >= 15 is 0 Å². The largest absolute Gasteiger partial charge is 0.487 e. The molecule has 32 heavy (non-hydrogen) atoms. The van der Waals surface area contributed by atoms with Crippen molar-refractivity contribution in [3.63, 3.8) is 0 Å². The molecule has 2 aromatic heterocycles. The summed E-state index contributed by atoms with van der Waals surface area (Å²) in [5.41, 5.74) is 5.11. The lowest BCUT2D eigenvalue weighted by molar-refractivity contribution is 0.101. The number of pyridine rings is 1. The molecule has 0 fully saturated rings. The quantitative estimate of drug-likeness (QED) is 0.424. The number of nitrogens with one attached hydrogen (secondary N) is 1. The van der Waals surface area contributed by atoms with Crippen molar-refractivity contribution in [2.24, 2.45) is 7.05 Å². The molecule has 0 aliphatic carbocycles. The Morgan fingerprint density at radius 3 is 2.53 bits per heavy atom. The summed E-state index contributed by atoms with van der Waals surface area (Å²) in [6.45, 7) is 8.75. The maximum atomic E-state index is 13.2. The number of carbonyl (C=O) groups is 1. The minimum absolute atomic E-state index is 0.0994. The van der Waals surface area contributed by atoms with E-state index in [4.69, 9.17) is 4.74 Å². The molecule has 4 aromatic rings. The molecule has 4 rings (SSSR count). The Labute approximate surface area is 189 Å². The molecule has 0 aliphatic rings. The van der Waals surface area contributed by atoms with Crippen molar-refractivity contribution < 1.29 is 9.53 Å². The number of hydrogen-bond donors (Lipinski definition) is 1. The molecule has 0 atom stereocenters. The zero-order valence-electron chi connectivity index (χ0n) is 19.3. The van der Waals surface area contributed by atoms with E-state index in [1.807, 2.05) is 85.4 Å². The van der Waals surface area contributed by atoms with Gasteiger partial charge in [-0.2, -0.15) is 0 Å². The number of carbonyl (C=O) groups excluding carboxylic acids is 1. The first-order valence-electron chi connectivity index (χ1n) is 10.8. The van der Waals surface area contributed by atoms with Crippen molar-refractivity contribution in [1.29, 1.82) is 0 Å². The van der Waals surface area contributed by atoms with Crippen LogP contribution in [0, 0.1) is 6.92 Å². The first-order chi connectivity index (χ1) is 15.2. The number of ether oxygens (including phenoxy) is 1. The summed E-state index contributed by atoms with van der Waals surface area (Å²) in [6.07, 6.45) is 1.81. The number of fused-ring (bicyclic) bond motifs is 1. The summed E-state index contributed by atoms with van der Waals surface area (Å²) in [6, 6.07) is 19.8. The number of aryl methyl sites for hydroxylation is 2. The normalized spacial score (nSPS) is 11.5. The van der Waals surface area contributed by atoms with Crippen LogP contribution in [0.1, 0.15) is 48.1 Å². The first kappa shape index (κ1) is 21.6. The molecule has 2 heterocycles. The van der Waals surface area contributed by atoms with Crippen LogP contribution in [-0.4, -0.2) is 15.5 Å². The molecule has 0 saturated carbocycles. The fourth-order valence-corrected chi connectivity index (χ4v) is 3.70. The van der Waals surface area contributed by atoms with E-state index in [1.165, 1.54) is 0 Å². The van der Waals surface area contributed by atoms with Gasteiger partial charge in [-0.05, 0) is 36.2 Å². The number of para-hydroxylation sites is 1. The van der Waals surface area contributed by atoms with Gasteiger partial charge < -0.3 is 14.6 Å². The van der Waals surface area contributed by atoms with Gasteiger partial charge in [0.15, 0.2) is 0 Å². The number of nitrogens with zero attached hydrogens (tertiary/aromatic N) is 2. The third kappa shape index (κ3) is 4.37. The predicted molar refractivity (Wildman–Crippen MR) is 129 cm³/mol. The van der Waals surface area contributed by atoms with Gasteiger partial charge in [0.2, 0.25) is 0 Å². The number of benzene rings is 2. The topological polar surface area (TPSA) is 56.1 Å². The van der Waals surface area contributed by atoms with Crippen molar-refractivity contribution in [3.05, 3.63) is 89.4 Å². The van der Waals surface area contributed by atoms with E-state index < -0.39 is 0 Å². The Kier molecular flexibility index (Phi) is 5.74. The van der Waals surface area contributed by atoms with E-state index in [0.717, 1.165) is 39.2 Å². The van der Waals surface area contributed by atoms with Crippen molar-refractivity contribution in [2.45, 2.75) is 39.7 Å². The summed E-state index contributed by atoms with van der Waals surface area (Å²) in [4.78, 5) is 17.7. The number of aromatic nitrogens is 2. The number of amides is 1. The van der Waals surface area contributed by atoms with Gasteiger partial charge in [0, 0.05) is 35.4 Å². The Bertz CT molecular complexity index is 1270. The van der Waals surface area contributed by atoms with E-state index in [0.29, 0.717) is 12.3 Å². The van der Waals surface area contributed by atoms with Crippen LogP contribution in [-0.2, 0) is 19.1 Å². The van der Waals surface area contributed by atoms with Crippen molar-refractivity contribution in [1.82, 2.24) is 9.55 Å². The second-order valence-electron chi connectivity index (χ2n) is 9.15. The molecule has 2 aromatic carbocycles. The minimum Gasteiger partial charge on any atom is -0.487 e. The molecule has 0 spiro atoms. The molecule has 0 bridgehead atoms. The van der Waals surface area contributed by atoms with E-state index in [-0.39, 0.29) is 11.3 Å². The van der Waals surface area contributed by atoms with Crippen molar-refractivity contribution >= 4 is 22.5 Å². The molecular formula is C27H29N3O2. The molecule has 0 aliphatic heterocycles. The average Bonchev–Trinajstić information content (AvgIpc) is 3.11. The van der Waals surface area contributed by atoms with Gasteiger partial charge in [0.05, 0.1) is 5.52 Å². The SMILES string of the molecule is Cc1cnc(C(C)(C)C)cc1NC(=O)c1cc2cccc(OCc3ccccc3)c2n1C. The second kappa shape index (κ2) is 8.50.